The maximum absolute atomic E-state index is 12.8. The molecule has 26 heavy (non-hydrogen) atoms. The Balaban J connectivity index is 1.75. The fraction of sp³-hybridized carbons (Fsp3) is 0.421. The summed E-state index contributed by atoms with van der Waals surface area (Å²) in [4.78, 5) is 13.7. The zero-order chi connectivity index (χ0) is 18.9. The number of aryl methyl sites for hydroxylation is 3. The number of carbonyl (C=O) groups is 1. The standard InChI is InChI=1S/C19H24N2O3S2/c1-13-6-4-7-14(2)18(13)20-19(22)16-8-5-11-21(12-16)26(23,24)17-10-9-15(3)25-17/h4,6-7,9-10,16H,5,8,11-12H2,1-3H3,(H,20,22)/t16-/m1/s1. The number of benzene rings is 1. The van der Waals surface area contributed by atoms with Crippen LogP contribution in [0.25, 0.3) is 0 Å². The van der Waals surface area contributed by atoms with Crippen LogP contribution in [0.5, 0.6) is 0 Å². The quantitative estimate of drug-likeness (QED) is 0.862. The van der Waals surface area contributed by atoms with Gasteiger partial charge in [-0.25, -0.2) is 8.42 Å². The van der Waals surface area contributed by atoms with Crippen LogP contribution >= 0.6 is 11.3 Å². The minimum atomic E-state index is -3.52. The third kappa shape index (κ3) is 3.84. The van der Waals surface area contributed by atoms with Gasteiger partial charge < -0.3 is 5.32 Å². The van der Waals surface area contributed by atoms with E-state index < -0.39 is 10.0 Å². The van der Waals surface area contributed by atoms with E-state index >= 15 is 0 Å². The van der Waals surface area contributed by atoms with Crippen molar-refractivity contribution in [3.8, 4) is 0 Å². The second-order valence-electron chi connectivity index (χ2n) is 6.82. The number of hydrogen-bond acceptors (Lipinski definition) is 4. The Hall–Kier alpha value is -1.70. The van der Waals surface area contributed by atoms with Crippen molar-refractivity contribution in [2.75, 3.05) is 18.4 Å². The highest BCUT2D eigenvalue weighted by Gasteiger charge is 2.34. The van der Waals surface area contributed by atoms with Crippen molar-refractivity contribution < 1.29 is 13.2 Å². The summed E-state index contributed by atoms with van der Waals surface area (Å²) in [5.74, 6) is -0.441. The molecule has 1 saturated heterocycles. The van der Waals surface area contributed by atoms with Crippen LogP contribution in [0.15, 0.2) is 34.5 Å². The lowest BCUT2D eigenvalue weighted by molar-refractivity contribution is -0.120. The third-order valence-electron chi connectivity index (χ3n) is 4.79. The van der Waals surface area contributed by atoms with E-state index in [-0.39, 0.29) is 18.4 Å². The molecule has 0 unspecified atom stereocenters. The molecule has 0 radical (unpaired) electrons. The summed E-state index contributed by atoms with van der Waals surface area (Å²) in [5.41, 5.74) is 2.84. The van der Waals surface area contributed by atoms with Crippen molar-refractivity contribution in [1.29, 1.82) is 0 Å². The minimum Gasteiger partial charge on any atom is -0.325 e. The SMILES string of the molecule is Cc1ccc(S(=O)(=O)N2CCC[C@@H](C(=O)Nc3c(C)cccc3C)C2)s1. The molecule has 0 spiro atoms. The molecular weight excluding hydrogens is 368 g/mol. The molecule has 7 heteroatoms. The smallest absolute Gasteiger partial charge is 0.252 e. The van der Waals surface area contributed by atoms with Crippen LogP contribution in [0.2, 0.25) is 0 Å². The van der Waals surface area contributed by atoms with Crippen LogP contribution in [0.1, 0.15) is 28.8 Å². The zero-order valence-corrected chi connectivity index (χ0v) is 16.9. The molecule has 3 rings (SSSR count). The number of para-hydroxylation sites is 1. The van der Waals surface area contributed by atoms with E-state index in [4.69, 9.17) is 0 Å². The molecular formula is C19H24N2O3S2. The number of sulfonamides is 1. The number of piperidine rings is 1. The van der Waals surface area contributed by atoms with Gasteiger partial charge in [-0.2, -0.15) is 4.31 Å². The largest absolute Gasteiger partial charge is 0.325 e. The number of hydrogen-bond donors (Lipinski definition) is 1. The van der Waals surface area contributed by atoms with Gasteiger partial charge in [-0.1, -0.05) is 18.2 Å². The highest BCUT2D eigenvalue weighted by atomic mass is 32.2. The molecule has 0 saturated carbocycles. The molecule has 2 aromatic rings. The Bertz CT molecular complexity index is 898. The fourth-order valence-electron chi connectivity index (χ4n) is 3.29. The number of nitrogens with one attached hydrogen (secondary N) is 1. The van der Waals surface area contributed by atoms with Gasteiger partial charge in [-0.15, -0.1) is 11.3 Å². The molecule has 5 nitrogen and oxygen atoms in total. The summed E-state index contributed by atoms with van der Waals surface area (Å²) in [6, 6.07) is 9.33. The molecule has 140 valence electrons. The van der Waals surface area contributed by atoms with E-state index in [1.807, 2.05) is 45.0 Å². The normalized spacial score (nSPS) is 18.7. The van der Waals surface area contributed by atoms with Crippen LogP contribution in [0.4, 0.5) is 5.69 Å². The lowest BCUT2D eigenvalue weighted by Gasteiger charge is -2.31. The second-order valence-corrected chi connectivity index (χ2v) is 10.3. The summed E-state index contributed by atoms with van der Waals surface area (Å²) in [6.07, 6.45) is 1.39. The number of rotatable bonds is 4. The van der Waals surface area contributed by atoms with Crippen molar-refractivity contribution in [2.45, 2.75) is 37.8 Å². The summed E-state index contributed by atoms with van der Waals surface area (Å²) in [6.45, 7) is 6.50. The molecule has 1 aliphatic heterocycles. The molecule has 1 aromatic heterocycles. The number of nitrogens with zero attached hydrogens (tertiary/aromatic N) is 1. The Morgan fingerprint density at radius 3 is 2.46 bits per heavy atom. The number of carbonyl (C=O) groups excluding carboxylic acids is 1. The van der Waals surface area contributed by atoms with Gasteiger partial charge >= 0.3 is 0 Å². The van der Waals surface area contributed by atoms with Crippen molar-refractivity contribution in [2.24, 2.45) is 5.92 Å². The van der Waals surface area contributed by atoms with E-state index in [9.17, 15) is 13.2 Å². The average molecular weight is 393 g/mol. The van der Waals surface area contributed by atoms with Crippen molar-refractivity contribution in [1.82, 2.24) is 4.31 Å². The maximum atomic E-state index is 12.8. The van der Waals surface area contributed by atoms with Crippen LogP contribution in [0, 0.1) is 26.7 Å². The summed E-state index contributed by atoms with van der Waals surface area (Å²) < 4.78 is 27.5. The Morgan fingerprint density at radius 1 is 1.15 bits per heavy atom. The van der Waals surface area contributed by atoms with Gasteiger partial charge in [-0.05, 0) is 56.9 Å². The first kappa shape index (κ1) is 19.1. The van der Waals surface area contributed by atoms with Gasteiger partial charge in [0.2, 0.25) is 5.91 Å². The molecule has 1 N–H and O–H groups in total. The van der Waals surface area contributed by atoms with Gasteiger partial charge in [0.1, 0.15) is 4.21 Å². The maximum Gasteiger partial charge on any atom is 0.252 e. The highest BCUT2D eigenvalue weighted by Crippen LogP contribution is 2.29. The fourth-order valence-corrected chi connectivity index (χ4v) is 6.25. The van der Waals surface area contributed by atoms with Gasteiger partial charge in [0, 0.05) is 23.7 Å². The molecule has 0 bridgehead atoms. The Morgan fingerprint density at radius 2 is 1.85 bits per heavy atom. The molecule has 1 aromatic carbocycles. The van der Waals surface area contributed by atoms with E-state index in [2.05, 4.69) is 5.32 Å². The first-order valence-corrected chi connectivity index (χ1v) is 11.0. The average Bonchev–Trinajstić information content (AvgIpc) is 3.05. The summed E-state index contributed by atoms with van der Waals surface area (Å²) in [7, 11) is -3.52. The van der Waals surface area contributed by atoms with Gasteiger partial charge in [-0.3, -0.25) is 4.79 Å². The second kappa shape index (κ2) is 7.50. The van der Waals surface area contributed by atoms with E-state index in [0.717, 1.165) is 21.7 Å². The van der Waals surface area contributed by atoms with Gasteiger partial charge in [0.25, 0.3) is 10.0 Å². The van der Waals surface area contributed by atoms with E-state index in [1.165, 1.54) is 15.6 Å². The number of anilines is 1. The number of thiophene rings is 1. The predicted molar refractivity (Wildman–Crippen MR) is 105 cm³/mol. The summed E-state index contributed by atoms with van der Waals surface area (Å²) in [5, 5.41) is 3.01. The van der Waals surface area contributed by atoms with Crippen LogP contribution in [-0.4, -0.2) is 31.7 Å². The molecule has 2 heterocycles. The highest BCUT2D eigenvalue weighted by molar-refractivity contribution is 7.91. The van der Waals surface area contributed by atoms with Crippen molar-refractivity contribution in [3.63, 3.8) is 0 Å². The molecule has 1 fully saturated rings. The monoisotopic (exact) mass is 392 g/mol. The minimum absolute atomic E-state index is 0.107. The van der Waals surface area contributed by atoms with Crippen LogP contribution in [-0.2, 0) is 14.8 Å². The van der Waals surface area contributed by atoms with Crippen molar-refractivity contribution in [3.05, 3.63) is 46.3 Å². The Kier molecular flexibility index (Phi) is 5.50. The Labute approximate surface area is 159 Å². The zero-order valence-electron chi connectivity index (χ0n) is 15.3. The molecule has 1 aliphatic rings. The first-order chi connectivity index (χ1) is 12.3. The van der Waals surface area contributed by atoms with Gasteiger partial charge in [0.15, 0.2) is 0 Å². The lowest BCUT2D eigenvalue weighted by atomic mass is 9.98. The summed E-state index contributed by atoms with van der Waals surface area (Å²) >= 11 is 1.27. The van der Waals surface area contributed by atoms with E-state index in [1.54, 1.807) is 6.07 Å². The number of amides is 1. The van der Waals surface area contributed by atoms with Gasteiger partial charge in [0.05, 0.1) is 5.92 Å². The first-order valence-electron chi connectivity index (χ1n) is 8.72. The molecule has 0 aliphatic carbocycles. The third-order valence-corrected chi connectivity index (χ3v) is 8.13. The van der Waals surface area contributed by atoms with Crippen molar-refractivity contribution >= 4 is 33.0 Å². The predicted octanol–water partition coefficient (Wildman–Crippen LogP) is 3.71. The van der Waals surface area contributed by atoms with E-state index in [0.29, 0.717) is 23.6 Å². The van der Waals surface area contributed by atoms with Crippen LogP contribution < -0.4 is 5.32 Å². The van der Waals surface area contributed by atoms with Crippen LogP contribution in [0.3, 0.4) is 0 Å². The molecule has 1 atom stereocenters. The molecule has 1 amide bonds. The lowest BCUT2D eigenvalue weighted by Crippen LogP contribution is -2.43. The topological polar surface area (TPSA) is 66.5 Å².